The van der Waals surface area contributed by atoms with Crippen molar-refractivity contribution in [2.45, 2.75) is 6.04 Å². The van der Waals surface area contributed by atoms with E-state index in [1.54, 1.807) is 12.1 Å². The van der Waals surface area contributed by atoms with Crippen molar-refractivity contribution in [1.82, 2.24) is 30.4 Å². The van der Waals surface area contributed by atoms with Gasteiger partial charge in [-0.05, 0) is 34.2 Å². The summed E-state index contributed by atoms with van der Waals surface area (Å²) < 4.78 is 6.97. The third kappa shape index (κ3) is 4.41. The topological polar surface area (TPSA) is 85.2 Å². The summed E-state index contributed by atoms with van der Waals surface area (Å²) in [6, 6.07) is 17.2. The molecule has 1 atom stereocenters. The van der Waals surface area contributed by atoms with Crippen LogP contribution >= 0.6 is 0 Å². The maximum absolute atomic E-state index is 13.0. The molecule has 0 saturated carbocycles. The van der Waals surface area contributed by atoms with Crippen LogP contribution < -0.4 is 5.32 Å². The van der Waals surface area contributed by atoms with Gasteiger partial charge in [-0.15, -0.1) is 5.10 Å². The molecule has 8 nitrogen and oxygen atoms in total. The second-order valence-corrected chi connectivity index (χ2v) is 6.65. The van der Waals surface area contributed by atoms with Crippen LogP contribution in [0.5, 0.6) is 0 Å². The smallest absolute Gasteiger partial charge is 0.251 e. The molecular formula is C20H22N6O2. The van der Waals surface area contributed by atoms with E-state index in [1.807, 2.05) is 42.5 Å². The molecule has 1 saturated heterocycles. The van der Waals surface area contributed by atoms with E-state index in [4.69, 9.17) is 4.74 Å². The van der Waals surface area contributed by atoms with Crippen LogP contribution in [0.1, 0.15) is 22.0 Å². The zero-order chi connectivity index (χ0) is 19.2. The molecule has 1 N–H and O–H groups in total. The van der Waals surface area contributed by atoms with Crippen LogP contribution in [0.2, 0.25) is 0 Å². The van der Waals surface area contributed by atoms with Gasteiger partial charge in [-0.2, -0.15) is 0 Å². The number of nitrogens with one attached hydrogen (secondary N) is 1. The Morgan fingerprint density at radius 3 is 2.68 bits per heavy atom. The summed E-state index contributed by atoms with van der Waals surface area (Å²) in [5, 5.41) is 14.3. The number of hydrogen-bond donors (Lipinski definition) is 1. The average Bonchev–Trinajstić information content (AvgIpc) is 3.30. The SMILES string of the molecule is O=C(NC(CN1CCOCC1)c1ccccc1)c1cccc(-n2cnnn2)c1. The first kappa shape index (κ1) is 18.3. The second kappa shape index (κ2) is 8.73. The Bertz CT molecular complexity index is 894. The number of morpholine rings is 1. The van der Waals surface area contributed by atoms with E-state index < -0.39 is 0 Å². The van der Waals surface area contributed by atoms with Gasteiger partial charge < -0.3 is 10.1 Å². The van der Waals surface area contributed by atoms with Crippen LogP contribution in [0, 0.1) is 0 Å². The molecule has 1 aromatic heterocycles. The summed E-state index contributed by atoms with van der Waals surface area (Å²) in [5.41, 5.74) is 2.39. The molecule has 1 fully saturated rings. The number of aromatic nitrogens is 4. The number of amides is 1. The molecule has 0 spiro atoms. The Kier molecular flexibility index (Phi) is 5.69. The summed E-state index contributed by atoms with van der Waals surface area (Å²) in [6.45, 7) is 3.93. The Labute approximate surface area is 163 Å². The molecule has 1 unspecified atom stereocenters. The van der Waals surface area contributed by atoms with Gasteiger partial charge in [0.05, 0.1) is 24.9 Å². The average molecular weight is 378 g/mol. The van der Waals surface area contributed by atoms with Gasteiger partial charge in [0.15, 0.2) is 0 Å². The molecule has 8 heteroatoms. The van der Waals surface area contributed by atoms with Crippen LogP contribution in [0.4, 0.5) is 0 Å². The molecule has 0 aliphatic carbocycles. The Balaban J connectivity index is 1.52. The summed E-state index contributed by atoms with van der Waals surface area (Å²) >= 11 is 0. The first-order valence-electron chi connectivity index (χ1n) is 9.29. The minimum atomic E-state index is -0.128. The van der Waals surface area contributed by atoms with Crippen molar-refractivity contribution < 1.29 is 9.53 Å². The largest absolute Gasteiger partial charge is 0.379 e. The summed E-state index contributed by atoms with van der Waals surface area (Å²) in [6.07, 6.45) is 1.50. The maximum Gasteiger partial charge on any atom is 0.251 e. The number of hydrogen-bond acceptors (Lipinski definition) is 6. The predicted molar refractivity (Wildman–Crippen MR) is 103 cm³/mol. The van der Waals surface area contributed by atoms with Crippen molar-refractivity contribution in [3.05, 3.63) is 72.1 Å². The first-order chi connectivity index (χ1) is 13.8. The van der Waals surface area contributed by atoms with E-state index >= 15 is 0 Å². The van der Waals surface area contributed by atoms with Crippen LogP contribution in [-0.4, -0.2) is 63.9 Å². The molecule has 4 rings (SSSR count). The fourth-order valence-electron chi connectivity index (χ4n) is 3.27. The number of carbonyl (C=O) groups excluding carboxylic acids is 1. The molecule has 1 aliphatic heterocycles. The zero-order valence-electron chi connectivity index (χ0n) is 15.4. The number of carbonyl (C=O) groups is 1. The van der Waals surface area contributed by atoms with Crippen LogP contribution in [-0.2, 0) is 4.74 Å². The van der Waals surface area contributed by atoms with Crippen molar-refractivity contribution in [2.24, 2.45) is 0 Å². The minimum Gasteiger partial charge on any atom is -0.379 e. The summed E-state index contributed by atoms with van der Waals surface area (Å²) in [4.78, 5) is 15.3. The lowest BCUT2D eigenvalue weighted by Gasteiger charge is -2.31. The van der Waals surface area contributed by atoms with E-state index in [2.05, 4.69) is 25.7 Å². The van der Waals surface area contributed by atoms with E-state index in [0.717, 1.165) is 44.1 Å². The van der Waals surface area contributed by atoms with E-state index in [-0.39, 0.29) is 11.9 Å². The van der Waals surface area contributed by atoms with Crippen molar-refractivity contribution in [1.29, 1.82) is 0 Å². The lowest BCUT2D eigenvalue weighted by atomic mass is 10.1. The molecule has 1 amide bonds. The molecular weight excluding hydrogens is 356 g/mol. The molecule has 3 aromatic rings. The lowest BCUT2D eigenvalue weighted by Crippen LogP contribution is -2.43. The van der Waals surface area contributed by atoms with Crippen LogP contribution in [0.25, 0.3) is 5.69 Å². The van der Waals surface area contributed by atoms with Gasteiger partial charge in [-0.1, -0.05) is 36.4 Å². The predicted octanol–water partition coefficient (Wildman–Crippen LogP) is 1.47. The van der Waals surface area contributed by atoms with Gasteiger partial charge in [-0.3, -0.25) is 9.69 Å². The van der Waals surface area contributed by atoms with E-state index in [0.29, 0.717) is 5.56 Å². The standard InChI is InChI=1S/C20H22N6O2/c27-20(17-7-4-8-18(13-17)26-15-21-23-24-26)22-19(16-5-2-1-3-6-16)14-25-9-11-28-12-10-25/h1-8,13,15,19H,9-12,14H2,(H,22,27). The molecule has 28 heavy (non-hydrogen) atoms. The van der Waals surface area contributed by atoms with Crippen LogP contribution in [0.15, 0.2) is 60.9 Å². The molecule has 0 bridgehead atoms. The molecule has 0 radical (unpaired) electrons. The summed E-state index contributed by atoms with van der Waals surface area (Å²) in [5.74, 6) is -0.128. The second-order valence-electron chi connectivity index (χ2n) is 6.65. The van der Waals surface area contributed by atoms with Crippen molar-refractivity contribution >= 4 is 5.91 Å². The Hall–Kier alpha value is -3.10. The van der Waals surface area contributed by atoms with Gasteiger partial charge in [0.2, 0.25) is 0 Å². The van der Waals surface area contributed by atoms with E-state index in [9.17, 15) is 4.79 Å². The van der Waals surface area contributed by atoms with Gasteiger partial charge >= 0.3 is 0 Å². The lowest BCUT2D eigenvalue weighted by molar-refractivity contribution is 0.0332. The maximum atomic E-state index is 13.0. The van der Waals surface area contributed by atoms with Gasteiger partial charge in [0.1, 0.15) is 6.33 Å². The molecule has 144 valence electrons. The zero-order valence-corrected chi connectivity index (χ0v) is 15.4. The molecule has 2 heterocycles. The first-order valence-corrected chi connectivity index (χ1v) is 9.29. The van der Waals surface area contributed by atoms with Gasteiger partial charge in [-0.25, -0.2) is 4.68 Å². The number of rotatable bonds is 6. The highest BCUT2D eigenvalue weighted by Gasteiger charge is 2.21. The quantitative estimate of drug-likeness (QED) is 0.699. The highest BCUT2D eigenvalue weighted by Crippen LogP contribution is 2.17. The fourth-order valence-corrected chi connectivity index (χ4v) is 3.27. The third-order valence-electron chi connectivity index (χ3n) is 4.77. The van der Waals surface area contributed by atoms with Gasteiger partial charge in [0, 0.05) is 25.2 Å². The number of tetrazole rings is 1. The molecule has 1 aliphatic rings. The highest BCUT2D eigenvalue weighted by molar-refractivity contribution is 5.95. The Morgan fingerprint density at radius 2 is 1.93 bits per heavy atom. The fraction of sp³-hybridized carbons (Fsp3) is 0.300. The third-order valence-corrected chi connectivity index (χ3v) is 4.77. The van der Waals surface area contributed by atoms with E-state index in [1.165, 1.54) is 11.0 Å². The van der Waals surface area contributed by atoms with Crippen molar-refractivity contribution in [3.63, 3.8) is 0 Å². The number of nitrogens with zero attached hydrogens (tertiary/aromatic N) is 5. The van der Waals surface area contributed by atoms with Crippen molar-refractivity contribution in [3.8, 4) is 5.69 Å². The highest BCUT2D eigenvalue weighted by atomic mass is 16.5. The monoisotopic (exact) mass is 378 g/mol. The molecule has 2 aromatic carbocycles. The minimum absolute atomic E-state index is 0.108. The van der Waals surface area contributed by atoms with Crippen LogP contribution in [0.3, 0.4) is 0 Å². The number of benzene rings is 2. The summed E-state index contributed by atoms with van der Waals surface area (Å²) in [7, 11) is 0. The normalized spacial score (nSPS) is 15.9. The number of ether oxygens (including phenoxy) is 1. The Morgan fingerprint density at radius 1 is 1.11 bits per heavy atom. The van der Waals surface area contributed by atoms with Gasteiger partial charge in [0.25, 0.3) is 5.91 Å². The van der Waals surface area contributed by atoms with Crippen molar-refractivity contribution in [2.75, 3.05) is 32.8 Å².